The predicted octanol–water partition coefficient (Wildman–Crippen LogP) is 3.72. The molecule has 2 aliphatic heterocycles. The molecule has 0 spiro atoms. The molecule has 6 atom stereocenters. The summed E-state index contributed by atoms with van der Waals surface area (Å²) >= 11 is 1.07. The molecule has 0 saturated carbocycles. The number of aromatic nitrogens is 1. The number of rotatable bonds is 19. The number of esters is 1. The molecule has 3 heterocycles. The Balaban J connectivity index is 1.31. The van der Waals surface area contributed by atoms with Gasteiger partial charge in [0.1, 0.15) is 23.7 Å². The number of hydrogen-bond acceptors (Lipinski definition) is 10. The van der Waals surface area contributed by atoms with Gasteiger partial charge >= 0.3 is 5.97 Å². The minimum absolute atomic E-state index is 0.0918. The van der Waals surface area contributed by atoms with Crippen molar-refractivity contribution >= 4 is 46.7 Å². The highest BCUT2D eigenvalue weighted by Crippen LogP contribution is 2.30. The Morgan fingerprint density at radius 3 is 2.25 bits per heavy atom. The van der Waals surface area contributed by atoms with Gasteiger partial charge in [-0.1, -0.05) is 92.8 Å². The fourth-order valence-electron chi connectivity index (χ4n) is 6.77. The second kappa shape index (κ2) is 18.6. The van der Waals surface area contributed by atoms with Crippen LogP contribution in [0.15, 0.2) is 66.9 Å². The van der Waals surface area contributed by atoms with E-state index >= 15 is 0 Å². The Kier molecular flexibility index (Phi) is 13.9. The number of carbonyl (C=O) groups excluding carboxylic acids is 6. The predicted molar refractivity (Wildman–Crippen MR) is 206 cm³/mol. The Morgan fingerprint density at radius 2 is 1.64 bits per heavy atom. The molecule has 2 aromatic carbocycles. The van der Waals surface area contributed by atoms with Gasteiger partial charge in [0, 0.05) is 30.0 Å². The van der Waals surface area contributed by atoms with Gasteiger partial charge in [-0.3, -0.25) is 28.8 Å². The van der Waals surface area contributed by atoms with Gasteiger partial charge in [0.05, 0.1) is 19.1 Å². The molecular weight excluding hydrogens is 723 g/mol. The Bertz CT molecular complexity index is 1830. The summed E-state index contributed by atoms with van der Waals surface area (Å²) in [7, 11) is 0. The van der Waals surface area contributed by atoms with Crippen molar-refractivity contribution in [2.24, 2.45) is 5.92 Å². The van der Waals surface area contributed by atoms with Crippen LogP contribution in [0.5, 0.6) is 5.19 Å². The summed E-state index contributed by atoms with van der Waals surface area (Å²) in [5.74, 6) is -2.37. The monoisotopic (exact) mass is 773 g/mol. The van der Waals surface area contributed by atoms with Crippen molar-refractivity contribution in [1.82, 2.24) is 25.8 Å². The largest absolute Gasteiger partial charge is 0.398 e. The fraction of sp³-hybridized carbons (Fsp3) is 0.488. The quantitative estimate of drug-likeness (QED) is 0.121. The summed E-state index contributed by atoms with van der Waals surface area (Å²) in [4.78, 5) is 86.9. The summed E-state index contributed by atoms with van der Waals surface area (Å²) < 4.78 is 10.6. The molecule has 2 aliphatic rings. The summed E-state index contributed by atoms with van der Waals surface area (Å²) in [6.45, 7) is 9.46. The second-order valence-electron chi connectivity index (χ2n) is 14.9. The lowest BCUT2D eigenvalue weighted by atomic mass is 9.92. The first kappa shape index (κ1) is 41.2. The van der Waals surface area contributed by atoms with Crippen molar-refractivity contribution < 1.29 is 38.2 Å². The van der Waals surface area contributed by atoms with Crippen molar-refractivity contribution in [3.8, 4) is 5.19 Å². The van der Waals surface area contributed by atoms with E-state index in [9.17, 15) is 28.8 Å². The Morgan fingerprint density at radius 1 is 0.982 bits per heavy atom. The second-order valence-corrected chi connectivity index (χ2v) is 16.0. The zero-order chi connectivity index (χ0) is 39.7. The number of hydrogen-bond donors (Lipinski definition) is 3. The average molecular weight is 774 g/mol. The summed E-state index contributed by atoms with van der Waals surface area (Å²) in [6.07, 6.45) is 3.15. The molecule has 3 N–H and O–H groups in total. The summed E-state index contributed by atoms with van der Waals surface area (Å²) in [6, 6.07) is 14.8. The van der Waals surface area contributed by atoms with Gasteiger partial charge in [0.2, 0.25) is 23.6 Å². The standard InChI is InChI=1S/C41H51N5O8S/c1-6-35(48)54-40-42-23-29(55-40)22-34(47)43-30(18-17-27-13-9-7-10-14-27)37(50)45-32-20-26(4)46(39(32)52)33(21-28-15-11-8-12-16-28)38(51)44-31(19-25(2)3)36(49)41(5)24-53-41/h7-16,23,25-26,30-33H,6,17-22,24H2,1-5H3,(H,43,47)(H,44,51)(H,45,50)/t26?,30-,31-,32-,33-,41?/m0/s1. The topological polar surface area (TPSA) is 176 Å². The van der Waals surface area contributed by atoms with E-state index < -0.39 is 65.4 Å². The van der Waals surface area contributed by atoms with Gasteiger partial charge in [0.25, 0.3) is 5.19 Å². The maximum atomic E-state index is 14.2. The third-order valence-corrected chi connectivity index (χ3v) is 10.7. The van der Waals surface area contributed by atoms with Crippen molar-refractivity contribution in [2.75, 3.05) is 6.61 Å². The molecule has 2 fully saturated rings. The molecule has 4 amide bonds. The van der Waals surface area contributed by atoms with Crippen LogP contribution in [0.4, 0.5) is 0 Å². The minimum atomic E-state index is -0.979. The van der Waals surface area contributed by atoms with E-state index in [1.54, 1.807) is 13.8 Å². The van der Waals surface area contributed by atoms with E-state index in [1.807, 2.05) is 81.4 Å². The number of nitrogens with zero attached hydrogens (tertiary/aromatic N) is 2. The first-order valence-corrected chi connectivity index (χ1v) is 19.7. The number of thiazole rings is 1. The van der Waals surface area contributed by atoms with Crippen molar-refractivity contribution in [1.29, 1.82) is 0 Å². The molecular formula is C41H51N5O8S. The molecule has 0 radical (unpaired) electrons. The average Bonchev–Trinajstić information content (AvgIpc) is 3.67. The van der Waals surface area contributed by atoms with Gasteiger partial charge < -0.3 is 30.3 Å². The first-order chi connectivity index (χ1) is 26.3. The van der Waals surface area contributed by atoms with Crippen LogP contribution < -0.4 is 20.7 Å². The lowest BCUT2D eigenvalue weighted by molar-refractivity contribution is -0.142. The van der Waals surface area contributed by atoms with Crippen LogP contribution in [0.2, 0.25) is 0 Å². The minimum Gasteiger partial charge on any atom is -0.398 e. The summed E-state index contributed by atoms with van der Waals surface area (Å²) in [5.41, 5.74) is 0.870. The van der Waals surface area contributed by atoms with Crippen LogP contribution in [0.25, 0.3) is 0 Å². The third-order valence-electron chi connectivity index (χ3n) is 9.84. The number of nitrogens with one attached hydrogen (secondary N) is 3. The molecule has 2 unspecified atom stereocenters. The van der Waals surface area contributed by atoms with E-state index in [1.165, 1.54) is 11.1 Å². The van der Waals surface area contributed by atoms with E-state index in [-0.39, 0.29) is 49.0 Å². The van der Waals surface area contributed by atoms with E-state index in [0.717, 1.165) is 22.5 Å². The van der Waals surface area contributed by atoms with Crippen molar-refractivity contribution in [3.63, 3.8) is 0 Å². The SMILES string of the molecule is CCC(=O)Oc1ncc(CC(=O)N[C@@H](CCc2ccccc2)C(=O)N[C@H]2CC(C)N([C@@H](Cc3ccccc3)C(=O)N[C@@H](CC(C)C)C(=O)C3(C)CO3)C2=O)s1. The van der Waals surface area contributed by atoms with Crippen molar-refractivity contribution in [3.05, 3.63) is 82.9 Å². The van der Waals surface area contributed by atoms with Crippen molar-refractivity contribution in [2.45, 2.75) is 115 Å². The Hall–Kier alpha value is -4.95. The Labute approximate surface area is 325 Å². The highest BCUT2D eigenvalue weighted by Gasteiger charge is 2.51. The van der Waals surface area contributed by atoms with Crippen LogP contribution in [0.3, 0.4) is 0 Å². The van der Waals surface area contributed by atoms with Crippen LogP contribution >= 0.6 is 11.3 Å². The zero-order valence-corrected chi connectivity index (χ0v) is 32.9. The van der Waals surface area contributed by atoms with Gasteiger partial charge in [-0.2, -0.15) is 0 Å². The van der Waals surface area contributed by atoms with Crippen LogP contribution in [0, 0.1) is 5.92 Å². The highest BCUT2D eigenvalue weighted by atomic mass is 32.1. The number of likely N-dealkylation sites (tertiary alicyclic amines) is 1. The molecule has 55 heavy (non-hydrogen) atoms. The first-order valence-electron chi connectivity index (χ1n) is 18.9. The number of Topliss-reactive ketones (excluding diaryl/α,β-unsaturated/α-hetero) is 1. The molecule has 0 bridgehead atoms. The van der Waals surface area contributed by atoms with E-state index in [4.69, 9.17) is 9.47 Å². The lowest BCUT2D eigenvalue weighted by Gasteiger charge is -2.33. The number of epoxide rings is 1. The number of amides is 4. The molecule has 0 aliphatic carbocycles. The molecule has 3 aromatic rings. The van der Waals surface area contributed by atoms with Crippen LogP contribution in [0.1, 0.15) is 76.3 Å². The number of ketones is 1. The highest BCUT2D eigenvalue weighted by molar-refractivity contribution is 7.13. The normalized spacial score (nSPS) is 20.7. The number of carbonyl (C=O) groups is 6. The summed E-state index contributed by atoms with van der Waals surface area (Å²) in [5, 5.41) is 8.83. The number of aryl methyl sites for hydroxylation is 1. The number of ether oxygens (including phenoxy) is 2. The molecule has 2 saturated heterocycles. The maximum Gasteiger partial charge on any atom is 0.312 e. The van der Waals surface area contributed by atoms with Crippen LogP contribution in [-0.4, -0.2) is 87.7 Å². The molecule has 1 aromatic heterocycles. The van der Waals surface area contributed by atoms with Gasteiger partial charge in [0.15, 0.2) is 5.78 Å². The molecule has 5 rings (SSSR count). The molecule has 14 heteroatoms. The maximum absolute atomic E-state index is 14.2. The zero-order valence-electron chi connectivity index (χ0n) is 32.0. The fourth-order valence-corrected chi connectivity index (χ4v) is 7.54. The third kappa shape index (κ3) is 11.3. The molecule has 13 nitrogen and oxygen atoms in total. The van der Waals surface area contributed by atoms with Gasteiger partial charge in [-0.15, -0.1) is 0 Å². The van der Waals surface area contributed by atoms with E-state index in [2.05, 4.69) is 20.9 Å². The molecule has 294 valence electrons. The smallest absolute Gasteiger partial charge is 0.312 e. The van der Waals surface area contributed by atoms with E-state index in [0.29, 0.717) is 24.3 Å². The van der Waals surface area contributed by atoms with Gasteiger partial charge in [-0.25, -0.2) is 4.98 Å². The lowest BCUT2D eigenvalue weighted by Crippen LogP contribution is -2.57. The van der Waals surface area contributed by atoms with Crippen LogP contribution in [-0.2, 0) is 52.8 Å². The van der Waals surface area contributed by atoms with Gasteiger partial charge in [-0.05, 0) is 56.6 Å². The number of benzene rings is 2.